The predicted molar refractivity (Wildman–Crippen MR) is 79.5 cm³/mol. The van der Waals surface area contributed by atoms with Gasteiger partial charge in [-0.15, -0.1) is 0 Å². The minimum atomic E-state index is -0.254. The molecule has 0 amide bonds. The zero-order valence-electron chi connectivity index (χ0n) is 11.6. The van der Waals surface area contributed by atoms with E-state index in [-0.39, 0.29) is 5.82 Å². The van der Waals surface area contributed by atoms with Crippen LogP contribution in [0.15, 0.2) is 24.3 Å². The van der Waals surface area contributed by atoms with E-state index in [0.29, 0.717) is 30.0 Å². The van der Waals surface area contributed by atoms with Crippen molar-refractivity contribution >= 4 is 23.1 Å². The molecule has 1 aromatic heterocycles. The Kier molecular flexibility index (Phi) is 4.03. The summed E-state index contributed by atoms with van der Waals surface area (Å²) in [7, 11) is 0. The quantitative estimate of drug-likeness (QED) is 0.810. The summed E-state index contributed by atoms with van der Waals surface area (Å²) < 4.78 is 18.8. The summed E-state index contributed by atoms with van der Waals surface area (Å²) in [5, 5.41) is 0.361. The molecule has 1 aromatic carbocycles. The molecule has 0 spiro atoms. The molecule has 0 unspecified atom stereocenters. The molecule has 2 aromatic rings. The van der Waals surface area contributed by atoms with E-state index >= 15 is 0 Å². The molecule has 6 heteroatoms. The van der Waals surface area contributed by atoms with Crippen LogP contribution in [-0.4, -0.2) is 23.1 Å². The molecule has 0 N–H and O–H groups in total. The lowest BCUT2D eigenvalue weighted by Gasteiger charge is -2.19. The van der Waals surface area contributed by atoms with Gasteiger partial charge in [-0.1, -0.05) is 17.7 Å². The number of halogens is 2. The molecule has 0 radical (unpaired) electrons. The zero-order valence-corrected chi connectivity index (χ0v) is 12.4. The number of rotatable bonds is 4. The Morgan fingerprint density at radius 1 is 1.33 bits per heavy atom. The van der Waals surface area contributed by atoms with Gasteiger partial charge in [0.1, 0.15) is 23.4 Å². The van der Waals surface area contributed by atoms with Gasteiger partial charge in [0.05, 0.1) is 0 Å². The fraction of sp³-hybridized carbons (Fsp3) is 0.333. The lowest BCUT2D eigenvalue weighted by molar-refractivity contribution is 0.128. The van der Waals surface area contributed by atoms with Crippen LogP contribution in [0.3, 0.4) is 0 Å². The van der Waals surface area contributed by atoms with Crippen molar-refractivity contribution in [2.45, 2.75) is 20.0 Å². The second kappa shape index (κ2) is 5.95. The Morgan fingerprint density at radius 3 is 3.00 bits per heavy atom. The molecule has 1 aliphatic rings. The maximum atomic E-state index is 13.5. The molecule has 3 rings (SSSR count). The summed E-state index contributed by atoms with van der Waals surface area (Å²) in [6, 6.07) is 6.52. The lowest BCUT2D eigenvalue weighted by atomic mass is 10.2. The molecular weight excluding hydrogens is 293 g/mol. The Hall–Kier alpha value is -1.72. The average Bonchev–Trinajstić information content (AvgIpc) is 2.87. The standard InChI is InChI=1S/C15H15ClFN3O/c1-2-21-9-14-18-13(16)8-15(19-14)20-6-5-10-3-4-11(17)7-12(10)20/h3-4,7-8H,2,5-6,9H2,1H3. The Bertz CT molecular complexity index is 665. The number of ether oxygens (including phenoxy) is 1. The number of fused-ring (bicyclic) bond motifs is 1. The van der Waals surface area contributed by atoms with E-state index in [4.69, 9.17) is 16.3 Å². The molecule has 2 heterocycles. The van der Waals surface area contributed by atoms with Gasteiger partial charge in [-0.3, -0.25) is 0 Å². The number of anilines is 2. The first-order chi connectivity index (χ1) is 10.2. The van der Waals surface area contributed by atoms with Gasteiger partial charge in [0.2, 0.25) is 0 Å². The van der Waals surface area contributed by atoms with Gasteiger partial charge in [0, 0.05) is 24.9 Å². The van der Waals surface area contributed by atoms with Crippen molar-refractivity contribution in [2.75, 3.05) is 18.1 Å². The molecule has 0 saturated heterocycles. The van der Waals surface area contributed by atoms with E-state index in [1.165, 1.54) is 12.1 Å². The van der Waals surface area contributed by atoms with E-state index in [0.717, 1.165) is 24.2 Å². The van der Waals surface area contributed by atoms with E-state index in [1.807, 2.05) is 17.9 Å². The highest BCUT2D eigenvalue weighted by atomic mass is 35.5. The summed E-state index contributed by atoms with van der Waals surface area (Å²) in [6.45, 7) is 3.56. The van der Waals surface area contributed by atoms with Crippen LogP contribution in [0.5, 0.6) is 0 Å². The third-order valence-electron chi connectivity index (χ3n) is 3.38. The minimum absolute atomic E-state index is 0.254. The summed E-state index contributed by atoms with van der Waals surface area (Å²) in [5.74, 6) is 0.952. The highest BCUT2D eigenvalue weighted by Gasteiger charge is 2.22. The van der Waals surface area contributed by atoms with Crippen molar-refractivity contribution in [1.82, 2.24) is 9.97 Å². The average molecular weight is 308 g/mol. The minimum Gasteiger partial charge on any atom is -0.374 e. The Labute approximate surface area is 127 Å². The van der Waals surface area contributed by atoms with E-state index < -0.39 is 0 Å². The van der Waals surface area contributed by atoms with Crippen LogP contribution in [0.25, 0.3) is 0 Å². The van der Waals surface area contributed by atoms with Gasteiger partial charge >= 0.3 is 0 Å². The molecule has 4 nitrogen and oxygen atoms in total. The fourth-order valence-corrected chi connectivity index (χ4v) is 2.63. The Morgan fingerprint density at radius 2 is 2.19 bits per heavy atom. The molecule has 0 aliphatic carbocycles. The van der Waals surface area contributed by atoms with Crippen LogP contribution in [0, 0.1) is 5.82 Å². The summed E-state index contributed by atoms with van der Waals surface area (Å²) in [5.41, 5.74) is 1.95. The zero-order chi connectivity index (χ0) is 14.8. The molecule has 0 saturated carbocycles. The van der Waals surface area contributed by atoms with Gasteiger partial charge in [0.25, 0.3) is 0 Å². The topological polar surface area (TPSA) is 38.2 Å². The molecular formula is C15H15ClFN3O. The largest absolute Gasteiger partial charge is 0.374 e. The fourth-order valence-electron chi connectivity index (χ4n) is 2.44. The molecule has 1 aliphatic heterocycles. The molecule has 21 heavy (non-hydrogen) atoms. The van der Waals surface area contributed by atoms with Gasteiger partial charge in [-0.25, -0.2) is 14.4 Å². The summed E-state index contributed by atoms with van der Waals surface area (Å²) >= 11 is 6.06. The van der Waals surface area contributed by atoms with E-state index in [1.54, 1.807) is 6.07 Å². The van der Waals surface area contributed by atoms with Crippen molar-refractivity contribution in [3.05, 3.63) is 46.6 Å². The first-order valence-corrected chi connectivity index (χ1v) is 7.22. The van der Waals surface area contributed by atoms with Gasteiger partial charge in [-0.05, 0) is 31.0 Å². The van der Waals surface area contributed by atoms with Gasteiger partial charge in [0.15, 0.2) is 5.82 Å². The SMILES string of the molecule is CCOCc1nc(Cl)cc(N2CCc3ccc(F)cc32)n1. The van der Waals surface area contributed by atoms with Crippen molar-refractivity contribution in [1.29, 1.82) is 0 Å². The van der Waals surface area contributed by atoms with Crippen LogP contribution >= 0.6 is 11.6 Å². The predicted octanol–water partition coefficient (Wildman–Crippen LogP) is 3.50. The summed E-state index contributed by atoms with van der Waals surface area (Å²) in [4.78, 5) is 10.6. The third kappa shape index (κ3) is 2.99. The normalized spacial score (nSPS) is 13.6. The van der Waals surface area contributed by atoms with Crippen LogP contribution < -0.4 is 4.90 Å². The van der Waals surface area contributed by atoms with Crippen molar-refractivity contribution in [3.63, 3.8) is 0 Å². The number of benzene rings is 1. The van der Waals surface area contributed by atoms with Gasteiger partial charge in [-0.2, -0.15) is 0 Å². The third-order valence-corrected chi connectivity index (χ3v) is 3.58. The Balaban J connectivity index is 1.95. The highest BCUT2D eigenvalue weighted by Crippen LogP contribution is 2.34. The van der Waals surface area contributed by atoms with Crippen molar-refractivity contribution < 1.29 is 9.13 Å². The molecule has 0 fully saturated rings. The highest BCUT2D eigenvalue weighted by molar-refractivity contribution is 6.29. The summed E-state index contributed by atoms with van der Waals surface area (Å²) in [6.07, 6.45) is 0.859. The first-order valence-electron chi connectivity index (χ1n) is 6.84. The maximum absolute atomic E-state index is 13.5. The maximum Gasteiger partial charge on any atom is 0.158 e. The first kappa shape index (κ1) is 14.2. The van der Waals surface area contributed by atoms with Crippen LogP contribution in [0.2, 0.25) is 5.15 Å². The van der Waals surface area contributed by atoms with Crippen molar-refractivity contribution in [3.8, 4) is 0 Å². The smallest absolute Gasteiger partial charge is 0.158 e. The number of hydrogen-bond acceptors (Lipinski definition) is 4. The van der Waals surface area contributed by atoms with E-state index in [9.17, 15) is 4.39 Å². The lowest BCUT2D eigenvalue weighted by Crippen LogP contribution is -2.16. The van der Waals surface area contributed by atoms with Crippen LogP contribution in [0.1, 0.15) is 18.3 Å². The van der Waals surface area contributed by atoms with Gasteiger partial charge < -0.3 is 9.64 Å². The molecule has 0 bridgehead atoms. The van der Waals surface area contributed by atoms with E-state index in [2.05, 4.69) is 9.97 Å². The second-order valence-electron chi connectivity index (χ2n) is 4.78. The molecule has 110 valence electrons. The van der Waals surface area contributed by atoms with Crippen molar-refractivity contribution in [2.24, 2.45) is 0 Å². The number of aromatic nitrogens is 2. The monoisotopic (exact) mass is 307 g/mol. The number of nitrogens with zero attached hydrogens (tertiary/aromatic N) is 3. The number of hydrogen-bond donors (Lipinski definition) is 0. The second-order valence-corrected chi connectivity index (χ2v) is 5.16. The van der Waals surface area contributed by atoms with Crippen LogP contribution in [0.4, 0.5) is 15.9 Å². The van der Waals surface area contributed by atoms with Crippen LogP contribution in [-0.2, 0) is 17.8 Å². The molecule has 0 atom stereocenters.